The molecule has 1 fully saturated rings. The van der Waals surface area contributed by atoms with Crippen molar-refractivity contribution in [2.45, 2.75) is 38.9 Å². The number of hydrogen-bond donors (Lipinski definition) is 0. The molecule has 2 rings (SSSR count). The molecule has 1 heterocycles. The van der Waals surface area contributed by atoms with Gasteiger partial charge in [-0.1, -0.05) is 19.8 Å². The van der Waals surface area contributed by atoms with Crippen molar-refractivity contribution in [3.63, 3.8) is 0 Å². The van der Waals surface area contributed by atoms with Crippen molar-refractivity contribution < 1.29 is 9.47 Å². The van der Waals surface area contributed by atoms with Crippen LogP contribution in [0.3, 0.4) is 0 Å². The molecule has 0 aliphatic heterocycles. The predicted molar refractivity (Wildman–Crippen MR) is 70.4 cm³/mol. The number of methoxy groups -OCH3 is 1. The molecule has 18 heavy (non-hydrogen) atoms. The van der Waals surface area contributed by atoms with E-state index in [1.54, 1.807) is 13.3 Å². The summed E-state index contributed by atoms with van der Waals surface area (Å²) in [7, 11) is 1.74. The summed E-state index contributed by atoms with van der Waals surface area (Å²) < 4.78 is 11.0. The molecule has 3 nitrogen and oxygen atoms in total. The van der Waals surface area contributed by atoms with E-state index in [0.29, 0.717) is 12.0 Å². The average Bonchev–Trinajstić information content (AvgIpc) is 2.32. The SMILES string of the molecule is COC1CC(Oc2ccc(C#CC(C)C)nc2)C1. The Balaban J connectivity index is 1.87. The standard InChI is InChI=1S/C15H19NO2/c1-11(2)4-5-12-6-7-13(10-16-12)18-15-8-14(9-15)17-3/h6-7,10-11,14-15H,8-9H2,1-3H3. The average molecular weight is 245 g/mol. The van der Waals surface area contributed by atoms with E-state index in [0.717, 1.165) is 24.3 Å². The Morgan fingerprint density at radius 2 is 2.06 bits per heavy atom. The first-order valence-electron chi connectivity index (χ1n) is 6.34. The van der Waals surface area contributed by atoms with E-state index in [1.165, 1.54) is 0 Å². The summed E-state index contributed by atoms with van der Waals surface area (Å²) in [6.45, 7) is 4.13. The number of hydrogen-bond acceptors (Lipinski definition) is 3. The summed E-state index contributed by atoms with van der Waals surface area (Å²) in [5.41, 5.74) is 0.791. The normalized spacial score (nSPS) is 22.0. The van der Waals surface area contributed by atoms with Crippen molar-refractivity contribution in [1.82, 2.24) is 4.98 Å². The minimum Gasteiger partial charge on any atom is -0.489 e. The fraction of sp³-hybridized carbons (Fsp3) is 0.533. The predicted octanol–water partition coefficient (Wildman–Crippen LogP) is 2.65. The van der Waals surface area contributed by atoms with Gasteiger partial charge in [-0.15, -0.1) is 0 Å². The molecule has 1 aromatic rings. The van der Waals surface area contributed by atoms with Crippen molar-refractivity contribution in [3.8, 4) is 17.6 Å². The Morgan fingerprint density at radius 3 is 2.61 bits per heavy atom. The molecule has 0 spiro atoms. The van der Waals surface area contributed by atoms with Gasteiger partial charge in [0.15, 0.2) is 0 Å². The number of ether oxygens (including phenoxy) is 2. The molecule has 0 aromatic carbocycles. The largest absolute Gasteiger partial charge is 0.489 e. The van der Waals surface area contributed by atoms with E-state index in [1.807, 2.05) is 12.1 Å². The van der Waals surface area contributed by atoms with Crippen molar-refractivity contribution in [3.05, 3.63) is 24.0 Å². The van der Waals surface area contributed by atoms with Crippen LogP contribution in [0.1, 0.15) is 32.4 Å². The number of rotatable bonds is 3. The zero-order chi connectivity index (χ0) is 13.0. The van der Waals surface area contributed by atoms with Crippen LogP contribution in [0, 0.1) is 17.8 Å². The molecule has 0 saturated heterocycles. The Labute approximate surface area is 109 Å². The monoisotopic (exact) mass is 245 g/mol. The number of pyridine rings is 1. The Kier molecular flexibility index (Phi) is 4.22. The Hall–Kier alpha value is -1.53. The molecule has 1 aromatic heterocycles. The highest BCUT2D eigenvalue weighted by molar-refractivity contribution is 5.31. The lowest BCUT2D eigenvalue weighted by Gasteiger charge is -2.33. The lowest BCUT2D eigenvalue weighted by Crippen LogP contribution is -2.38. The van der Waals surface area contributed by atoms with Crippen LogP contribution in [0.15, 0.2) is 18.3 Å². The van der Waals surface area contributed by atoms with E-state index in [9.17, 15) is 0 Å². The molecule has 3 heteroatoms. The molecular formula is C15H19NO2. The van der Waals surface area contributed by atoms with Gasteiger partial charge in [0.25, 0.3) is 0 Å². The van der Waals surface area contributed by atoms with E-state index in [-0.39, 0.29) is 6.10 Å². The summed E-state index contributed by atoms with van der Waals surface area (Å²) in [4.78, 5) is 4.27. The maximum atomic E-state index is 5.77. The van der Waals surface area contributed by atoms with Gasteiger partial charge in [0.2, 0.25) is 0 Å². The summed E-state index contributed by atoms with van der Waals surface area (Å²) in [6.07, 6.45) is 4.30. The summed E-state index contributed by atoms with van der Waals surface area (Å²) >= 11 is 0. The maximum Gasteiger partial charge on any atom is 0.138 e. The third kappa shape index (κ3) is 3.48. The van der Waals surface area contributed by atoms with Crippen molar-refractivity contribution in [2.24, 2.45) is 5.92 Å². The molecule has 0 atom stereocenters. The van der Waals surface area contributed by atoms with E-state index >= 15 is 0 Å². The number of aromatic nitrogens is 1. The smallest absolute Gasteiger partial charge is 0.138 e. The van der Waals surface area contributed by atoms with E-state index in [2.05, 4.69) is 30.7 Å². The van der Waals surface area contributed by atoms with Gasteiger partial charge in [0.05, 0.1) is 12.3 Å². The fourth-order valence-corrected chi connectivity index (χ4v) is 1.74. The molecule has 0 unspecified atom stereocenters. The lowest BCUT2D eigenvalue weighted by molar-refractivity contribution is -0.0382. The topological polar surface area (TPSA) is 31.4 Å². The van der Waals surface area contributed by atoms with Gasteiger partial charge in [-0.25, -0.2) is 4.98 Å². The minimum atomic E-state index is 0.268. The first-order valence-corrected chi connectivity index (χ1v) is 6.34. The third-order valence-electron chi connectivity index (χ3n) is 2.91. The molecule has 0 bridgehead atoms. The van der Waals surface area contributed by atoms with Crippen LogP contribution >= 0.6 is 0 Å². The molecular weight excluding hydrogens is 226 g/mol. The molecule has 0 radical (unpaired) electrons. The summed E-state index contributed by atoms with van der Waals surface area (Å²) in [6, 6.07) is 3.83. The van der Waals surface area contributed by atoms with Crippen LogP contribution in [0.4, 0.5) is 0 Å². The molecule has 1 aliphatic rings. The zero-order valence-corrected chi connectivity index (χ0v) is 11.1. The van der Waals surface area contributed by atoms with Crippen LogP contribution in [-0.2, 0) is 4.74 Å². The van der Waals surface area contributed by atoms with Crippen molar-refractivity contribution in [1.29, 1.82) is 0 Å². The fourth-order valence-electron chi connectivity index (χ4n) is 1.74. The molecule has 0 N–H and O–H groups in total. The molecule has 1 saturated carbocycles. The van der Waals surface area contributed by atoms with Crippen molar-refractivity contribution in [2.75, 3.05) is 7.11 Å². The Morgan fingerprint density at radius 1 is 1.28 bits per heavy atom. The first kappa shape index (κ1) is 12.9. The van der Waals surface area contributed by atoms with Crippen LogP contribution in [-0.4, -0.2) is 24.3 Å². The van der Waals surface area contributed by atoms with E-state index in [4.69, 9.17) is 9.47 Å². The second-order valence-corrected chi connectivity index (χ2v) is 4.87. The van der Waals surface area contributed by atoms with Gasteiger partial charge in [-0.05, 0) is 18.1 Å². The van der Waals surface area contributed by atoms with Crippen LogP contribution in [0.2, 0.25) is 0 Å². The maximum absolute atomic E-state index is 5.77. The van der Waals surface area contributed by atoms with Gasteiger partial charge in [0, 0.05) is 25.9 Å². The minimum absolute atomic E-state index is 0.268. The highest BCUT2D eigenvalue weighted by Gasteiger charge is 2.30. The van der Waals surface area contributed by atoms with Crippen LogP contribution in [0.5, 0.6) is 5.75 Å². The second kappa shape index (κ2) is 5.88. The summed E-state index contributed by atoms with van der Waals surface area (Å²) in [5, 5.41) is 0. The third-order valence-corrected chi connectivity index (χ3v) is 2.91. The quantitative estimate of drug-likeness (QED) is 0.767. The molecule has 96 valence electrons. The highest BCUT2D eigenvalue weighted by Crippen LogP contribution is 2.27. The molecule has 0 amide bonds. The first-order chi connectivity index (χ1) is 8.67. The second-order valence-electron chi connectivity index (χ2n) is 4.87. The van der Waals surface area contributed by atoms with Gasteiger partial charge in [-0.3, -0.25) is 0 Å². The van der Waals surface area contributed by atoms with Gasteiger partial charge in [-0.2, -0.15) is 0 Å². The van der Waals surface area contributed by atoms with Crippen molar-refractivity contribution >= 4 is 0 Å². The zero-order valence-electron chi connectivity index (χ0n) is 11.1. The molecule has 1 aliphatic carbocycles. The highest BCUT2D eigenvalue weighted by atomic mass is 16.5. The van der Waals surface area contributed by atoms with Gasteiger partial charge < -0.3 is 9.47 Å². The van der Waals surface area contributed by atoms with Gasteiger partial charge in [0.1, 0.15) is 17.5 Å². The van der Waals surface area contributed by atoms with Gasteiger partial charge >= 0.3 is 0 Å². The van der Waals surface area contributed by atoms with Crippen LogP contribution < -0.4 is 4.74 Å². The number of nitrogens with zero attached hydrogens (tertiary/aromatic N) is 1. The summed E-state index contributed by atoms with van der Waals surface area (Å²) in [5.74, 6) is 7.29. The Bertz CT molecular complexity index is 436. The van der Waals surface area contributed by atoms with E-state index < -0.39 is 0 Å². The lowest BCUT2D eigenvalue weighted by atomic mass is 9.92. The van der Waals surface area contributed by atoms with Crippen LogP contribution in [0.25, 0.3) is 0 Å².